The highest BCUT2D eigenvalue weighted by Crippen LogP contribution is 2.33. The quantitative estimate of drug-likeness (QED) is 0.767. The lowest BCUT2D eigenvalue weighted by atomic mass is 10.0. The average molecular weight is 285 g/mol. The number of hydrogen-bond donors (Lipinski definition) is 2. The summed E-state index contributed by atoms with van der Waals surface area (Å²) in [5, 5.41) is 17.7. The third-order valence-corrected chi connectivity index (χ3v) is 4.33. The van der Waals surface area contributed by atoms with Crippen LogP contribution in [0.2, 0.25) is 0 Å². The fourth-order valence-electron chi connectivity index (χ4n) is 3.15. The predicted molar refractivity (Wildman–Crippen MR) is 71.1 cm³/mol. The fourth-order valence-corrected chi connectivity index (χ4v) is 3.15. The molecule has 20 heavy (non-hydrogen) atoms. The summed E-state index contributed by atoms with van der Waals surface area (Å²) in [6.45, 7) is 1.71. The Morgan fingerprint density at radius 3 is 2.30 bits per heavy atom. The number of carboxylic acids is 1. The van der Waals surface area contributed by atoms with Gasteiger partial charge in [0.25, 0.3) is 0 Å². The first-order valence-corrected chi connectivity index (χ1v) is 7.36. The van der Waals surface area contributed by atoms with Crippen LogP contribution in [0, 0.1) is 11.8 Å². The maximum Gasteiger partial charge on any atom is 0.306 e. The van der Waals surface area contributed by atoms with Gasteiger partial charge in [-0.2, -0.15) is 0 Å². The number of carbonyl (C=O) groups is 2. The summed E-state index contributed by atoms with van der Waals surface area (Å²) in [5.41, 5.74) is 0. The van der Waals surface area contributed by atoms with Gasteiger partial charge in [0.1, 0.15) is 0 Å². The molecule has 2 rings (SSSR count). The summed E-state index contributed by atoms with van der Waals surface area (Å²) in [6, 6.07) is 0. The van der Waals surface area contributed by atoms with Gasteiger partial charge in [-0.15, -0.1) is 0 Å². The van der Waals surface area contributed by atoms with Crippen molar-refractivity contribution in [3.8, 4) is 0 Å². The molecule has 0 aromatic heterocycles. The maximum absolute atomic E-state index is 12.3. The second-order valence-corrected chi connectivity index (χ2v) is 5.66. The number of aliphatic hydroxyl groups excluding tert-OH is 1. The monoisotopic (exact) mass is 285 g/mol. The number of piperidine rings is 1. The van der Waals surface area contributed by atoms with Crippen LogP contribution in [0.3, 0.4) is 0 Å². The van der Waals surface area contributed by atoms with Gasteiger partial charge < -0.3 is 19.8 Å². The molecule has 0 radical (unpaired) electrons. The van der Waals surface area contributed by atoms with E-state index in [1.54, 1.807) is 0 Å². The summed E-state index contributed by atoms with van der Waals surface area (Å²) >= 11 is 0. The minimum Gasteiger partial charge on any atom is -0.481 e. The highest BCUT2D eigenvalue weighted by Gasteiger charge is 2.36. The molecule has 0 aromatic carbocycles. The van der Waals surface area contributed by atoms with Gasteiger partial charge in [-0.1, -0.05) is 0 Å². The standard InChI is InChI=1S/C14H23NO5/c16-7-8-20-12-3-5-15(6-4-12)13(17)10-1-2-11(9-10)14(18)19/h10-12,16H,1-9H2,(H,18,19)/t10-,11+/m1/s1. The molecule has 6 heteroatoms. The molecule has 2 aliphatic rings. The van der Waals surface area contributed by atoms with Gasteiger partial charge in [0.15, 0.2) is 0 Å². The Kier molecular flexibility index (Phi) is 5.37. The van der Waals surface area contributed by atoms with Crippen LogP contribution in [0.4, 0.5) is 0 Å². The zero-order valence-electron chi connectivity index (χ0n) is 11.7. The lowest BCUT2D eigenvalue weighted by Crippen LogP contribution is -2.43. The van der Waals surface area contributed by atoms with Gasteiger partial charge in [0.2, 0.25) is 5.91 Å². The van der Waals surface area contributed by atoms with Crippen molar-refractivity contribution in [3.63, 3.8) is 0 Å². The van der Waals surface area contributed by atoms with Gasteiger partial charge in [-0.3, -0.25) is 9.59 Å². The van der Waals surface area contributed by atoms with E-state index >= 15 is 0 Å². The van der Waals surface area contributed by atoms with Crippen molar-refractivity contribution in [2.75, 3.05) is 26.3 Å². The summed E-state index contributed by atoms with van der Waals surface area (Å²) in [7, 11) is 0. The van der Waals surface area contributed by atoms with E-state index in [9.17, 15) is 9.59 Å². The predicted octanol–water partition coefficient (Wildman–Crippen LogP) is 0.487. The first-order chi connectivity index (χ1) is 9.61. The maximum atomic E-state index is 12.3. The molecule has 2 fully saturated rings. The Morgan fingerprint density at radius 1 is 1.10 bits per heavy atom. The lowest BCUT2D eigenvalue weighted by molar-refractivity contribution is -0.142. The zero-order valence-corrected chi connectivity index (χ0v) is 11.7. The number of nitrogens with zero attached hydrogens (tertiary/aromatic N) is 1. The first-order valence-electron chi connectivity index (χ1n) is 7.36. The molecule has 0 bridgehead atoms. The number of carbonyl (C=O) groups excluding carboxylic acids is 1. The Hall–Kier alpha value is -1.14. The van der Waals surface area contributed by atoms with E-state index in [0.29, 0.717) is 39.0 Å². The van der Waals surface area contributed by atoms with Crippen molar-refractivity contribution < 1.29 is 24.5 Å². The molecular weight excluding hydrogens is 262 g/mol. The molecule has 1 amide bonds. The summed E-state index contributed by atoms with van der Waals surface area (Å²) in [5.74, 6) is -1.15. The van der Waals surface area contributed by atoms with Crippen molar-refractivity contribution >= 4 is 11.9 Å². The number of hydrogen-bond acceptors (Lipinski definition) is 4. The van der Waals surface area contributed by atoms with Gasteiger partial charge >= 0.3 is 5.97 Å². The van der Waals surface area contributed by atoms with E-state index in [2.05, 4.69) is 0 Å². The molecule has 6 nitrogen and oxygen atoms in total. The number of aliphatic carboxylic acids is 1. The largest absolute Gasteiger partial charge is 0.481 e. The van der Waals surface area contributed by atoms with Crippen LogP contribution in [0.25, 0.3) is 0 Å². The van der Waals surface area contributed by atoms with Crippen molar-refractivity contribution in [1.29, 1.82) is 0 Å². The topological polar surface area (TPSA) is 87.1 Å². The molecule has 1 aliphatic carbocycles. The molecule has 1 saturated heterocycles. The van der Waals surface area contributed by atoms with Crippen LogP contribution in [0.15, 0.2) is 0 Å². The minimum absolute atomic E-state index is 0.0256. The van der Waals surface area contributed by atoms with Crippen molar-refractivity contribution in [2.24, 2.45) is 11.8 Å². The Morgan fingerprint density at radius 2 is 1.75 bits per heavy atom. The summed E-state index contributed by atoms with van der Waals surface area (Å²) in [6.07, 6.45) is 3.50. The number of carboxylic acid groups (broad SMARTS) is 1. The Bertz CT molecular complexity index is 351. The molecular formula is C14H23NO5. The highest BCUT2D eigenvalue weighted by molar-refractivity contribution is 5.81. The van der Waals surface area contributed by atoms with Crippen LogP contribution in [-0.4, -0.2) is 59.4 Å². The fraction of sp³-hybridized carbons (Fsp3) is 0.857. The zero-order chi connectivity index (χ0) is 14.5. The third kappa shape index (κ3) is 3.70. The van der Waals surface area contributed by atoms with Crippen LogP contribution < -0.4 is 0 Å². The van der Waals surface area contributed by atoms with E-state index in [0.717, 1.165) is 12.8 Å². The highest BCUT2D eigenvalue weighted by atomic mass is 16.5. The summed E-state index contributed by atoms with van der Waals surface area (Å²) in [4.78, 5) is 25.1. The number of rotatable bonds is 5. The second kappa shape index (κ2) is 7.04. The number of ether oxygens (including phenoxy) is 1. The lowest BCUT2D eigenvalue weighted by Gasteiger charge is -2.33. The van der Waals surface area contributed by atoms with Crippen molar-refractivity contribution in [1.82, 2.24) is 4.90 Å². The van der Waals surface area contributed by atoms with E-state index in [1.807, 2.05) is 4.90 Å². The van der Waals surface area contributed by atoms with Gasteiger partial charge in [-0.25, -0.2) is 0 Å². The first kappa shape index (κ1) is 15.3. The van der Waals surface area contributed by atoms with Crippen LogP contribution >= 0.6 is 0 Å². The van der Waals surface area contributed by atoms with E-state index in [4.69, 9.17) is 14.9 Å². The molecule has 1 saturated carbocycles. The number of amides is 1. The Balaban J connectivity index is 1.76. The molecule has 114 valence electrons. The van der Waals surface area contributed by atoms with Crippen molar-refractivity contribution in [3.05, 3.63) is 0 Å². The second-order valence-electron chi connectivity index (χ2n) is 5.66. The minimum atomic E-state index is -0.781. The molecule has 0 unspecified atom stereocenters. The average Bonchev–Trinajstić information content (AvgIpc) is 2.95. The van der Waals surface area contributed by atoms with E-state index in [-0.39, 0.29) is 30.5 Å². The normalized spacial score (nSPS) is 27.8. The van der Waals surface area contributed by atoms with Crippen LogP contribution in [-0.2, 0) is 14.3 Å². The van der Waals surface area contributed by atoms with Gasteiger partial charge in [0.05, 0.1) is 25.2 Å². The molecule has 0 aromatic rings. The molecule has 0 spiro atoms. The SMILES string of the molecule is O=C(O)[C@H]1CC[C@@H](C(=O)N2CCC(OCCO)CC2)C1. The number of likely N-dealkylation sites (tertiary alicyclic amines) is 1. The summed E-state index contributed by atoms with van der Waals surface area (Å²) < 4.78 is 5.47. The van der Waals surface area contributed by atoms with Crippen molar-refractivity contribution in [2.45, 2.75) is 38.2 Å². The van der Waals surface area contributed by atoms with E-state index in [1.165, 1.54) is 0 Å². The number of aliphatic hydroxyl groups is 1. The van der Waals surface area contributed by atoms with Gasteiger partial charge in [0, 0.05) is 19.0 Å². The molecule has 1 heterocycles. The molecule has 2 atom stereocenters. The van der Waals surface area contributed by atoms with Crippen LogP contribution in [0.1, 0.15) is 32.1 Å². The van der Waals surface area contributed by atoms with Crippen LogP contribution in [0.5, 0.6) is 0 Å². The molecule has 1 aliphatic heterocycles. The Labute approximate surface area is 118 Å². The third-order valence-electron chi connectivity index (χ3n) is 4.33. The smallest absolute Gasteiger partial charge is 0.306 e. The van der Waals surface area contributed by atoms with E-state index < -0.39 is 5.97 Å². The molecule has 2 N–H and O–H groups in total. The van der Waals surface area contributed by atoms with Gasteiger partial charge in [-0.05, 0) is 32.1 Å².